The molecule has 0 N–H and O–H groups in total. The summed E-state index contributed by atoms with van der Waals surface area (Å²) in [5, 5.41) is 0. The first-order valence-electron chi connectivity index (χ1n) is 3.21. The van der Waals surface area contributed by atoms with Crippen molar-refractivity contribution in [1.82, 2.24) is 0 Å². The molecule has 0 aromatic heterocycles. The van der Waals surface area contributed by atoms with E-state index < -0.39 is 0 Å². The van der Waals surface area contributed by atoms with Crippen LogP contribution in [0.25, 0.3) is 0 Å². The Morgan fingerprint density at radius 3 is 2.50 bits per heavy atom. The van der Waals surface area contributed by atoms with E-state index in [-0.39, 0.29) is 0 Å². The van der Waals surface area contributed by atoms with E-state index in [1.807, 2.05) is 0 Å². The minimum absolute atomic E-state index is 0.809. The van der Waals surface area contributed by atoms with Gasteiger partial charge in [0.25, 0.3) is 0 Å². The van der Waals surface area contributed by atoms with Crippen LogP contribution in [0.4, 0.5) is 0 Å². The predicted octanol–water partition coefficient (Wildman–Crippen LogP) is 1.94. The van der Waals surface area contributed by atoms with Gasteiger partial charge in [-0.3, -0.25) is 0 Å². The number of hydrogen-bond donors (Lipinski definition) is 0. The second-order valence-corrected chi connectivity index (χ2v) is 2.49. The van der Waals surface area contributed by atoms with E-state index in [4.69, 9.17) is 7.33 Å². The average molecular weight is 108 g/mol. The molecule has 0 heterocycles. The van der Waals surface area contributed by atoms with E-state index in [0.717, 1.165) is 12.3 Å². The Morgan fingerprint density at radius 1 is 1.50 bits per heavy atom. The predicted molar refractivity (Wildman–Crippen MR) is 38.3 cm³/mol. The molecule has 0 fully saturated rings. The van der Waals surface area contributed by atoms with E-state index in [2.05, 4.69) is 19.7 Å². The van der Waals surface area contributed by atoms with Crippen LogP contribution in [0, 0.1) is 11.7 Å². The fourth-order valence-corrected chi connectivity index (χ4v) is 0.612. The van der Waals surface area contributed by atoms with Crippen LogP contribution in [0.5, 0.6) is 0 Å². The molecule has 0 radical (unpaired) electrons. The normalized spacial score (nSPS) is 9.62. The Bertz CT molecular complexity index is 78.9. The van der Waals surface area contributed by atoms with E-state index in [1.165, 1.54) is 12.8 Å². The third kappa shape index (κ3) is 5.84. The van der Waals surface area contributed by atoms with Gasteiger partial charge in [0.15, 0.2) is 0 Å². The van der Waals surface area contributed by atoms with Gasteiger partial charge in [0, 0.05) is 0 Å². The second-order valence-electron chi connectivity index (χ2n) is 2.49. The van der Waals surface area contributed by atoms with Crippen molar-refractivity contribution in [2.24, 2.45) is 5.92 Å². The Morgan fingerprint density at radius 2 is 2.12 bits per heavy atom. The molecule has 8 heavy (non-hydrogen) atoms. The van der Waals surface area contributed by atoms with Crippen LogP contribution in [0.3, 0.4) is 0 Å². The topological polar surface area (TPSA) is 0 Å². The van der Waals surface area contributed by atoms with Crippen LogP contribution in [0.2, 0.25) is 0 Å². The molecule has 0 aromatic rings. The second kappa shape index (κ2) is 4.99. The molecule has 0 aliphatic heterocycles. The van der Waals surface area contributed by atoms with Crippen LogP contribution in [-0.2, 0) is 0 Å². The van der Waals surface area contributed by atoms with Gasteiger partial charge in [-0.05, 0) is 0 Å². The van der Waals surface area contributed by atoms with Crippen molar-refractivity contribution < 1.29 is 0 Å². The molecule has 0 atom stereocenters. The van der Waals surface area contributed by atoms with Gasteiger partial charge < -0.3 is 0 Å². The summed E-state index contributed by atoms with van der Waals surface area (Å²) in [5.74, 6) is 3.43. The molecule has 0 saturated carbocycles. The molecular formula is C7H13B. The van der Waals surface area contributed by atoms with Gasteiger partial charge >= 0.3 is 52.2 Å². The van der Waals surface area contributed by atoms with Gasteiger partial charge in [-0.15, -0.1) is 0 Å². The minimum atomic E-state index is 0.809. The summed E-state index contributed by atoms with van der Waals surface area (Å²) < 4.78 is 0. The summed E-state index contributed by atoms with van der Waals surface area (Å²) in [7, 11) is 5.06. The maximum atomic E-state index is 5.06. The first-order valence-corrected chi connectivity index (χ1v) is 3.21. The van der Waals surface area contributed by atoms with E-state index in [0.29, 0.717) is 0 Å². The molecule has 0 bridgehead atoms. The molecule has 44 valence electrons. The van der Waals surface area contributed by atoms with E-state index >= 15 is 0 Å². The van der Waals surface area contributed by atoms with Crippen LogP contribution in [0.15, 0.2) is 0 Å². The van der Waals surface area contributed by atoms with Crippen LogP contribution >= 0.6 is 0 Å². The van der Waals surface area contributed by atoms with Crippen molar-refractivity contribution in [2.75, 3.05) is 0 Å². The van der Waals surface area contributed by atoms with E-state index in [9.17, 15) is 0 Å². The Labute approximate surface area is 53.0 Å². The van der Waals surface area contributed by atoms with Crippen LogP contribution in [-0.4, -0.2) is 7.33 Å². The number of rotatable bonds is 3. The summed E-state index contributed by atoms with van der Waals surface area (Å²) in [4.78, 5) is 0. The molecule has 0 rings (SSSR count). The Hall–Kier alpha value is -0.155. The standard InChI is InChI=1S/C7H13B/c1-7(2)5-3-4-6-8/h7H,3-5H2,1-2H3. The summed E-state index contributed by atoms with van der Waals surface area (Å²) in [6.07, 6.45) is 3.40. The van der Waals surface area contributed by atoms with Crippen LogP contribution < -0.4 is 0 Å². The van der Waals surface area contributed by atoms with Gasteiger partial charge in [-0.25, -0.2) is 0 Å². The van der Waals surface area contributed by atoms with Gasteiger partial charge in [-0.2, -0.15) is 0 Å². The molecule has 0 amide bonds. The van der Waals surface area contributed by atoms with Gasteiger partial charge in [0.05, 0.1) is 0 Å². The van der Waals surface area contributed by atoms with Crippen LogP contribution in [0.1, 0.15) is 33.1 Å². The van der Waals surface area contributed by atoms with Crippen molar-refractivity contribution >= 4 is 7.33 Å². The first-order chi connectivity index (χ1) is 3.77. The summed E-state index contributed by atoms with van der Waals surface area (Å²) in [5.41, 5.74) is 0. The summed E-state index contributed by atoms with van der Waals surface area (Å²) in [6.45, 7) is 4.44. The molecule has 0 spiro atoms. The summed E-state index contributed by atoms with van der Waals surface area (Å²) in [6, 6.07) is 0. The zero-order valence-corrected chi connectivity index (χ0v) is 5.78. The fourth-order valence-electron chi connectivity index (χ4n) is 0.612. The van der Waals surface area contributed by atoms with Crippen molar-refractivity contribution in [3.8, 4) is 5.80 Å². The number of hydrogen-bond acceptors (Lipinski definition) is 0. The van der Waals surface area contributed by atoms with Crippen molar-refractivity contribution in [3.63, 3.8) is 0 Å². The summed E-state index contributed by atoms with van der Waals surface area (Å²) >= 11 is 0. The molecule has 0 aliphatic rings. The zero-order chi connectivity index (χ0) is 6.41. The van der Waals surface area contributed by atoms with Crippen molar-refractivity contribution in [3.05, 3.63) is 0 Å². The Kier molecular flexibility index (Phi) is 4.89. The quantitative estimate of drug-likeness (QED) is 0.382. The third-order valence-corrected chi connectivity index (χ3v) is 1.10. The third-order valence-electron chi connectivity index (χ3n) is 1.10. The molecular weight excluding hydrogens is 94.9 g/mol. The van der Waals surface area contributed by atoms with Crippen molar-refractivity contribution in [2.45, 2.75) is 33.1 Å². The monoisotopic (exact) mass is 108 g/mol. The average Bonchev–Trinajstić information content (AvgIpc) is 1.66. The molecule has 0 saturated heterocycles. The Balaban J connectivity index is 2.85. The molecule has 0 aromatic carbocycles. The molecule has 1 heteroatoms. The van der Waals surface area contributed by atoms with Crippen molar-refractivity contribution in [1.29, 1.82) is 0 Å². The van der Waals surface area contributed by atoms with E-state index in [1.54, 1.807) is 0 Å². The molecule has 0 unspecified atom stereocenters. The van der Waals surface area contributed by atoms with Gasteiger partial charge in [-0.1, -0.05) is 0 Å². The maximum absolute atomic E-state index is 5.06. The number of unbranched alkanes of at least 4 members (excludes halogenated alkanes) is 1. The SMILES string of the molecule is B#CCCCC(C)C. The first kappa shape index (κ1) is 7.84. The zero-order valence-electron chi connectivity index (χ0n) is 5.78. The van der Waals surface area contributed by atoms with Gasteiger partial charge in [0.2, 0.25) is 0 Å². The molecule has 0 nitrogen and oxygen atoms in total. The fraction of sp³-hybridized carbons (Fsp3) is 0.857. The molecule has 0 aliphatic carbocycles. The van der Waals surface area contributed by atoms with Gasteiger partial charge in [0.1, 0.15) is 0 Å².